The molecule has 1 radical (unpaired) electrons. The third kappa shape index (κ3) is 2.80. The first kappa shape index (κ1) is 19.2. The maximum absolute atomic E-state index is 4.82. The molecule has 2 fully saturated rings. The quantitative estimate of drug-likeness (QED) is 0.318. The molecule has 1 aromatic heterocycles. The molecule has 149 valence electrons. The molecular formula is C27H26IrN-. The van der Waals surface area contributed by atoms with Gasteiger partial charge in [-0.25, -0.2) is 0 Å². The first-order valence-electron chi connectivity index (χ1n) is 10.7. The second kappa shape index (κ2) is 6.89. The summed E-state index contributed by atoms with van der Waals surface area (Å²) in [5.41, 5.74) is 9.26. The van der Waals surface area contributed by atoms with E-state index in [2.05, 4.69) is 68.4 Å². The number of aromatic nitrogens is 1. The molecule has 2 bridgehead atoms. The van der Waals surface area contributed by atoms with Gasteiger partial charge in [0.15, 0.2) is 0 Å². The molecule has 0 aliphatic heterocycles. The Morgan fingerprint density at radius 3 is 2.66 bits per heavy atom. The first-order valence-corrected chi connectivity index (χ1v) is 10.7. The van der Waals surface area contributed by atoms with Crippen molar-refractivity contribution in [2.75, 3.05) is 0 Å². The summed E-state index contributed by atoms with van der Waals surface area (Å²) in [5.74, 6) is 2.60. The maximum atomic E-state index is 4.82. The van der Waals surface area contributed by atoms with Gasteiger partial charge >= 0.3 is 0 Å². The zero-order chi connectivity index (χ0) is 18.9. The van der Waals surface area contributed by atoms with E-state index in [1.54, 1.807) is 0 Å². The first-order chi connectivity index (χ1) is 13.6. The molecule has 0 spiro atoms. The topological polar surface area (TPSA) is 12.9 Å². The van der Waals surface area contributed by atoms with Gasteiger partial charge in [-0.3, -0.25) is 0 Å². The molecular weight excluding hydrogens is 531 g/mol. The van der Waals surface area contributed by atoms with Crippen molar-refractivity contribution in [3.8, 4) is 22.4 Å². The molecule has 1 nitrogen and oxygen atoms in total. The molecule has 3 aromatic rings. The number of rotatable bonds is 2. The normalized spacial score (nSPS) is 25.4. The van der Waals surface area contributed by atoms with Crippen LogP contribution in [0.5, 0.6) is 0 Å². The fraction of sp³-hybridized carbons (Fsp3) is 0.370. The summed E-state index contributed by atoms with van der Waals surface area (Å²) in [5, 5.41) is 0. The van der Waals surface area contributed by atoms with Crippen molar-refractivity contribution in [3.05, 3.63) is 77.5 Å². The molecule has 2 aromatic carbocycles. The van der Waals surface area contributed by atoms with Crippen LogP contribution in [0.25, 0.3) is 22.4 Å². The van der Waals surface area contributed by atoms with Crippen molar-refractivity contribution in [3.63, 3.8) is 0 Å². The van der Waals surface area contributed by atoms with Gasteiger partial charge in [-0.2, -0.15) is 0 Å². The third-order valence-electron chi connectivity index (χ3n) is 7.72. The van der Waals surface area contributed by atoms with Gasteiger partial charge in [-0.05, 0) is 65.3 Å². The van der Waals surface area contributed by atoms with Crippen LogP contribution in [0.15, 0.2) is 54.7 Å². The van der Waals surface area contributed by atoms with Crippen LogP contribution in [0.4, 0.5) is 0 Å². The molecule has 3 aliphatic rings. The average molecular weight is 557 g/mol. The molecule has 2 saturated carbocycles. The van der Waals surface area contributed by atoms with E-state index in [4.69, 9.17) is 4.98 Å². The van der Waals surface area contributed by atoms with E-state index in [1.165, 1.54) is 59.1 Å². The third-order valence-corrected chi connectivity index (χ3v) is 7.72. The monoisotopic (exact) mass is 557 g/mol. The summed E-state index contributed by atoms with van der Waals surface area (Å²) in [7, 11) is 0. The molecule has 0 amide bonds. The smallest absolute Gasteiger partial charge is 0.0163 e. The van der Waals surface area contributed by atoms with Gasteiger partial charge in [0, 0.05) is 26.3 Å². The molecule has 3 unspecified atom stereocenters. The van der Waals surface area contributed by atoms with Crippen molar-refractivity contribution in [1.82, 2.24) is 4.98 Å². The molecule has 0 saturated heterocycles. The van der Waals surface area contributed by atoms with E-state index in [0.29, 0.717) is 0 Å². The van der Waals surface area contributed by atoms with Crippen LogP contribution < -0.4 is 0 Å². The van der Waals surface area contributed by atoms with E-state index < -0.39 is 0 Å². The minimum atomic E-state index is -0.0247. The van der Waals surface area contributed by atoms with Crippen molar-refractivity contribution in [2.45, 2.75) is 50.9 Å². The Morgan fingerprint density at radius 2 is 1.86 bits per heavy atom. The summed E-state index contributed by atoms with van der Waals surface area (Å²) in [6.07, 6.45) is 7.71. The fourth-order valence-corrected chi connectivity index (χ4v) is 6.44. The van der Waals surface area contributed by atoms with Crippen molar-refractivity contribution in [1.29, 1.82) is 0 Å². The minimum absolute atomic E-state index is 0. The van der Waals surface area contributed by atoms with Crippen LogP contribution in [0, 0.1) is 17.9 Å². The van der Waals surface area contributed by atoms with E-state index >= 15 is 0 Å². The molecule has 1 heterocycles. The molecule has 29 heavy (non-hydrogen) atoms. The van der Waals surface area contributed by atoms with Gasteiger partial charge in [0.2, 0.25) is 0 Å². The zero-order valence-electron chi connectivity index (χ0n) is 17.0. The SMILES string of the molecule is CC1(C)c2ccccc2-c2cc[c-]c(-c3cc(C4CC5CCC4C5)ccn3)c21.[Ir]. The molecule has 6 rings (SSSR count). The number of hydrogen-bond donors (Lipinski definition) is 0. The predicted molar refractivity (Wildman–Crippen MR) is 114 cm³/mol. The number of nitrogens with zero attached hydrogens (tertiary/aromatic N) is 1. The van der Waals surface area contributed by atoms with Crippen LogP contribution in [-0.4, -0.2) is 4.98 Å². The van der Waals surface area contributed by atoms with Gasteiger partial charge in [0.05, 0.1) is 0 Å². The number of benzene rings is 2. The zero-order valence-corrected chi connectivity index (χ0v) is 19.4. The van der Waals surface area contributed by atoms with Gasteiger partial charge in [-0.1, -0.05) is 61.7 Å². The van der Waals surface area contributed by atoms with Gasteiger partial charge in [-0.15, -0.1) is 29.3 Å². The van der Waals surface area contributed by atoms with Crippen LogP contribution in [-0.2, 0) is 25.5 Å². The Bertz CT molecular complexity index is 1080. The standard InChI is InChI=1S/C27H26N.Ir/c1-27(2)24-9-4-3-6-20(24)21-7-5-8-22(26(21)27)25-16-19(12-13-28-25)23-15-17-10-11-18(23)14-17;/h3-7,9,12-13,16-18,23H,10-11,14-15H2,1-2H3;/q-1;. The number of pyridine rings is 1. The Hall–Kier alpha value is -1.76. The molecule has 3 aliphatic carbocycles. The Kier molecular flexibility index (Phi) is 4.57. The van der Waals surface area contributed by atoms with E-state index in [-0.39, 0.29) is 25.5 Å². The summed E-state index contributed by atoms with van der Waals surface area (Å²) in [4.78, 5) is 4.82. The average Bonchev–Trinajstić information content (AvgIpc) is 3.42. The number of fused-ring (bicyclic) bond motifs is 5. The fourth-order valence-electron chi connectivity index (χ4n) is 6.44. The molecule has 0 N–H and O–H groups in total. The van der Waals surface area contributed by atoms with Crippen molar-refractivity contribution >= 4 is 0 Å². The van der Waals surface area contributed by atoms with Gasteiger partial charge in [0.1, 0.15) is 0 Å². The van der Waals surface area contributed by atoms with E-state index in [0.717, 1.165) is 23.4 Å². The van der Waals surface area contributed by atoms with E-state index in [9.17, 15) is 0 Å². The Morgan fingerprint density at radius 1 is 1.00 bits per heavy atom. The summed E-state index contributed by atoms with van der Waals surface area (Å²) in [6, 6.07) is 21.3. The van der Waals surface area contributed by atoms with Crippen molar-refractivity contribution < 1.29 is 20.1 Å². The van der Waals surface area contributed by atoms with Gasteiger partial charge in [0.25, 0.3) is 0 Å². The van der Waals surface area contributed by atoms with Gasteiger partial charge < -0.3 is 4.98 Å². The predicted octanol–water partition coefficient (Wildman–Crippen LogP) is 6.76. The van der Waals surface area contributed by atoms with Crippen molar-refractivity contribution in [2.24, 2.45) is 11.8 Å². The minimum Gasteiger partial charge on any atom is -0.305 e. The molecule has 3 atom stereocenters. The maximum Gasteiger partial charge on any atom is 0.0163 e. The summed E-state index contributed by atoms with van der Waals surface area (Å²) >= 11 is 0. The van der Waals surface area contributed by atoms with E-state index in [1.807, 2.05) is 6.20 Å². The largest absolute Gasteiger partial charge is 0.305 e. The summed E-state index contributed by atoms with van der Waals surface area (Å²) in [6.45, 7) is 4.68. The second-order valence-corrected chi connectivity index (χ2v) is 9.57. The van der Waals surface area contributed by atoms with Crippen LogP contribution in [0.3, 0.4) is 0 Å². The second-order valence-electron chi connectivity index (χ2n) is 9.57. The number of hydrogen-bond acceptors (Lipinski definition) is 1. The van der Waals surface area contributed by atoms with Crippen LogP contribution >= 0.6 is 0 Å². The molecule has 2 heteroatoms. The van der Waals surface area contributed by atoms with Crippen LogP contribution in [0.2, 0.25) is 0 Å². The summed E-state index contributed by atoms with van der Waals surface area (Å²) < 4.78 is 0. The Balaban J connectivity index is 0.00000181. The Labute approximate surface area is 187 Å². The van der Waals surface area contributed by atoms with Crippen LogP contribution in [0.1, 0.15) is 62.1 Å².